The lowest BCUT2D eigenvalue weighted by atomic mass is 10.1. The molecular weight excluding hydrogens is 414 g/mol. The number of pyridine rings is 1. The molecule has 0 saturated carbocycles. The fraction of sp³-hybridized carbons (Fsp3) is 0.269. The quantitative estimate of drug-likeness (QED) is 0.459. The van der Waals surface area contributed by atoms with Gasteiger partial charge in [0.15, 0.2) is 5.65 Å². The van der Waals surface area contributed by atoms with Crippen LogP contribution in [0, 0.1) is 0 Å². The molecule has 168 valence electrons. The molecule has 0 radical (unpaired) electrons. The van der Waals surface area contributed by atoms with Gasteiger partial charge < -0.3 is 9.64 Å². The first-order valence-corrected chi connectivity index (χ1v) is 11.2. The van der Waals surface area contributed by atoms with E-state index < -0.39 is 0 Å². The van der Waals surface area contributed by atoms with E-state index in [0.717, 1.165) is 42.0 Å². The number of methoxy groups -OCH3 is 1. The molecule has 5 rings (SSSR count). The first kappa shape index (κ1) is 21.2. The zero-order valence-corrected chi connectivity index (χ0v) is 18.7. The Hall–Kier alpha value is -3.71. The molecule has 1 fully saturated rings. The molecule has 3 heterocycles. The number of ether oxygens (including phenoxy) is 1. The molecule has 4 aromatic rings. The number of amides is 1. The molecule has 33 heavy (non-hydrogen) atoms. The Morgan fingerprint density at radius 2 is 1.64 bits per heavy atom. The average Bonchev–Trinajstić information content (AvgIpc) is 3.27. The molecule has 0 unspecified atom stereocenters. The van der Waals surface area contributed by atoms with E-state index in [4.69, 9.17) is 4.74 Å². The molecule has 1 saturated heterocycles. The lowest BCUT2D eigenvalue weighted by Crippen LogP contribution is -2.48. The Balaban J connectivity index is 1.21. The van der Waals surface area contributed by atoms with Crippen molar-refractivity contribution in [1.82, 2.24) is 24.6 Å². The highest BCUT2D eigenvalue weighted by Crippen LogP contribution is 2.18. The number of hydrogen-bond acceptors (Lipinski definition) is 5. The number of piperazine rings is 1. The van der Waals surface area contributed by atoms with E-state index in [9.17, 15) is 4.79 Å². The summed E-state index contributed by atoms with van der Waals surface area (Å²) in [7, 11) is 1.68. The van der Waals surface area contributed by atoms with Crippen molar-refractivity contribution in [3.05, 3.63) is 89.7 Å². The summed E-state index contributed by atoms with van der Waals surface area (Å²) in [5.74, 6) is 0.898. The Morgan fingerprint density at radius 3 is 2.36 bits per heavy atom. The third kappa shape index (κ3) is 4.73. The maximum atomic E-state index is 13.1. The molecule has 7 nitrogen and oxygen atoms in total. The molecule has 1 amide bonds. The average molecular weight is 442 g/mol. The summed E-state index contributed by atoms with van der Waals surface area (Å²) in [6, 6.07) is 20.2. The zero-order valence-electron chi connectivity index (χ0n) is 18.7. The smallest absolute Gasteiger partial charge is 0.255 e. The number of nitrogens with zero attached hydrogens (tertiary/aromatic N) is 5. The van der Waals surface area contributed by atoms with Gasteiger partial charge in [-0.25, -0.2) is 9.67 Å². The van der Waals surface area contributed by atoms with E-state index in [2.05, 4.69) is 39.2 Å². The summed E-state index contributed by atoms with van der Waals surface area (Å²) in [6.07, 6.45) is 3.46. The van der Waals surface area contributed by atoms with E-state index in [1.807, 2.05) is 46.0 Å². The highest BCUT2D eigenvalue weighted by Gasteiger charge is 2.23. The SMILES string of the molecule is COc1ccc(CN2CCN(C(=O)c3cnc4c(cnn4Cc4ccccc4)c3)CC2)cc1. The molecule has 0 aliphatic carbocycles. The van der Waals surface area contributed by atoms with Crippen LogP contribution in [0.3, 0.4) is 0 Å². The molecule has 0 spiro atoms. The Morgan fingerprint density at radius 1 is 0.909 bits per heavy atom. The Labute approximate surface area is 193 Å². The summed E-state index contributed by atoms with van der Waals surface area (Å²) >= 11 is 0. The maximum Gasteiger partial charge on any atom is 0.255 e. The van der Waals surface area contributed by atoms with Crippen LogP contribution in [0.2, 0.25) is 0 Å². The zero-order chi connectivity index (χ0) is 22.6. The van der Waals surface area contributed by atoms with Gasteiger partial charge in [0.05, 0.1) is 25.4 Å². The van der Waals surface area contributed by atoms with Gasteiger partial charge in [0.1, 0.15) is 5.75 Å². The molecule has 0 atom stereocenters. The molecule has 2 aromatic heterocycles. The summed E-state index contributed by atoms with van der Waals surface area (Å²) in [4.78, 5) is 22.0. The fourth-order valence-corrected chi connectivity index (χ4v) is 4.24. The monoisotopic (exact) mass is 441 g/mol. The van der Waals surface area contributed by atoms with Crippen molar-refractivity contribution in [3.63, 3.8) is 0 Å². The lowest BCUT2D eigenvalue weighted by Gasteiger charge is -2.34. The second-order valence-corrected chi connectivity index (χ2v) is 8.34. The van der Waals surface area contributed by atoms with Crippen LogP contribution in [0.5, 0.6) is 5.75 Å². The predicted molar refractivity (Wildman–Crippen MR) is 127 cm³/mol. The van der Waals surface area contributed by atoms with Crippen molar-refractivity contribution >= 4 is 16.9 Å². The van der Waals surface area contributed by atoms with Gasteiger partial charge in [0.25, 0.3) is 5.91 Å². The molecule has 2 aromatic carbocycles. The molecule has 1 aliphatic rings. The van der Waals surface area contributed by atoms with Crippen LogP contribution in [0.15, 0.2) is 73.1 Å². The predicted octanol–water partition coefficient (Wildman–Crippen LogP) is 3.45. The van der Waals surface area contributed by atoms with Crippen molar-refractivity contribution in [1.29, 1.82) is 0 Å². The van der Waals surface area contributed by atoms with Crippen LogP contribution in [-0.4, -0.2) is 63.8 Å². The van der Waals surface area contributed by atoms with Gasteiger partial charge in [-0.15, -0.1) is 0 Å². The van der Waals surface area contributed by atoms with Gasteiger partial charge in [-0.2, -0.15) is 5.10 Å². The number of hydrogen-bond donors (Lipinski definition) is 0. The highest BCUT2D eigenvalue weighted by atomic mass is 16.5. The first-order chi connectivity index (χ1) is 16.2. The second-order valence-electron chi connectivity index (χ2n) is 8.34. The number of carbonyl (C=O) groups excluding carboxylic acids is 1. The van der Waals surface area contributed by atoms with Crippen molar-refractivity contribution in [2.24, 2.45) is 0 Å². The van der Waals surface area contributed by atoms with Crippen LogP contribution in [0.4, 0.5) is 0 Å². The van der Waals surface area contributed by atoms with E-state index in [1.54, 1.807) is 19.5 Å². The van der Waals surface area contributed by atoms with Crippen molar-refractivity contribution in [2.45, 2.75) is 13.1 Å². The normalized spacial score (nSPS) is 14.5. The Bertz CT molecular complexity index is 1230. The molecule has 7 heteroatoms. The van der Waals surface area contributed by atoms with Gasteiger partial charge in [-0.1, -0.05) is 42.5 Å². The third-order valence-electron chi connectivity index (χ3n) is 6.12. The van der Waals surface area contributed by atoms with Crippen LogP contribution in [-0.2, 0) is 13.1 Å². The van der Waals surface area contributed by atoms with E-state index in [-0.39, 0.29) is 5.91 Å². The molecular formula is C26H27N5O2. The summed E-state index contributed by atoms with van der Waals surface area (Å²) in [5.41, 5.74) is 3.82. The van der Waals surface area contributed by atoms with Crippen molar-refractivity contribution in [3.8, 4) is 5.75 Å². The highest BCUT2D eigenvalue weighted by molar-refractivity contribution is 5.96. The number of benzene rings is 2. The minimum Gasteiger partial charge on any atom is -0.497 e. The fourth-order valence-electron chi connectivity index (χ4n) is 4.24. The summed E-state index contributed by atoms with van der Waals surface area (Å²) < 4.78 is 7.10. The summed E-state index contributed by atoms with van der Waals surface area (Å²) in [6.45, 7) is 4.65. The van der Waals surface area contributed by atoms with Crippen LogP contribution >= 0.6 is 0 Å². The van der Waals surface area contributed by atoms with Crippen LogP contribution in [0.1, 0.15) is 21.5 Å². The second kappa shape index (κ2) is 9.42. The minimum absolute atomic E-state index is 0.0318. The van der Waals surface area contributed by atoms with Crippen molar-refractivity contribution < 1.29 is 9.53 Å². The molecule has 0 bridgehead atoms. The number of rotatable bonds is 6. The van der Waals surface area contributed by atoms with E-state index >= 15 is 0 Å². The first-order valence-electron chi connectivity index (χ1n) is 11.2. The van der Waals surface area contributed by atoms with Gasteiger partial charge in [0, 0.05) is 44.3 Å². The largest absolute Gasteiger partial charge is 0.497 e. The topological polar surface area (TPSA) is 63.5 Å². The number of aromatic nitrogens is 3. The summed E-state index contributed by atoms with van der Waals surface area (Å²) in [5, 5.41) is 5.36. The molecule has 0 N–H and O–H groups in total. The maximum absolute atomic E-state index is 13.1. The number of fused-ring (bicyclic) bond motifs is 1. The van der Waals surface area contributed by atoms with Gasteiger partial charge in [-0.05, 0) is 29.3 Å². The standard InChI is InChI=1S/C26H27N5O2/c1-33-24-9-7-21(8-10-24)18-29-11-13-30(14-12-29)26(32)23-15-22-17-28-31(25(22)27-16-23)19-20-5-3-2-4-6-20/h2-10,15-17H,11-14,18-19H2,1H3. The minimum atomic E-state index is 0.0318. The van der Waals surface area contributed by atoms with Crippen molar-refractivity contribution in [2.75, 3.05) is 33.3 Å². The third-order valence-corrected chi connectivity index (χ3v) is 6.12. The van der Waals surface area contributed by atoms with Gasteiger partial charge in [0.2, 0.25) is 0 Å². The number of carbonyl (C=O) groups is 1. The Kier molecular flexibility index (Phi) is 6.04. The van der Waals surface area contributed by atoms with Crippen LogP contribution < -0.4 is 4.74 Å². The van der Waals surface area contributed by atoms with Gasteiger partial charge in [-0.3, -0.25) is 9.69 Å². The lowest BCUT2D eigenvalue weighted by molar-refractivity contribution is 0.0628. The van der Waals surface area contributed by atoms with Crippen LogP contribution in [0.25, 0.3) is 11.0 Å². The van der Waals surface area contributed by atoms with E-state index in [1.165, 1.54) is 5.56 Å². The van der Waals surface area contributed by atoms with E-state index in [0.29, 0.717) is 25.2 Å². The van der Waals surface area contributed by atoms with Gasteiger partial charge >= 0.3 is 0 Å². The molecule has 1 aliphatic heterocycles.